The quantitative estimate of drug-likeness (QED) is 0.836. The highest BCUT2D eigenvalue weighted by molar-refractivity contribution is 6.41. The van der Waals surface area contributed by atoms with E-state index in [1.807, 2.05) is 0 Å². The maximum atomic E-state index is 10.8. The molecule has 0 atom stereocenters. The van der Waals surface area contributed by atoms with Gasteiger partial charge in [-0.2, -0.15) is 0 Å². The molecule has 0 fully saturated rings. The molecule has 2 aromatic rings. The molecule has 1 heterocycles. The summed E-state index contributed by atoms with van der Waals surface area (Å²) in [7, 11) is 0. The van der Waals surface area contributed by atoms with Crippen molar-refractivity contribution in [1.82, 2.24) is 10.2 Å². The van der Waals surface area contributed by atoms with Crippen LogP contribution in [0.1, 0.15) is 10.5 Å². The zero-order chi connectivity index (χ0) is 11.0. The minimum atomic E-state index is -1.16. The van der Waals surface area contributed by atoms with Crippen molar-refractivity contribution in [3.05, 3.63) is 34.1 Å². The predicted molar refractivity (Wildman–Crippen MR) is 56.5 cm³/mol. The number of carboxylic acids is 1. The number of fused-ring (bicyclic) bond motifs is 1. The number of carbonyl (C=O) groups is 1. The largest absolute Gasteiger partial charge is 0.476 e. The number of aromatic carboxylic acids is 1. The Morgan fingerprint density at radius 1 is 1.27 bits per heavy atom. The van der Waals surface area contributed by atoms with Crippen molar-refractivity contribution < 1.29 is 9.90 Å². The zero-order valence-corrected chi connectivity index (χ0v) is 8.75. The van der Waals surface area contributed by atoms with E-state index in [0.29, 0.717) is 15.8 Å². The molecule has 0 spiro atoms. The van der Waals surface area contributed by atoms with Gasteiger partial charge in [0.05, 0.1) is 5.02 Å². The lowest BCUT2D eigenvalue weighted by Gasteiger charge is -2.03. The van der Waals surface area contributed by atoms with Crippen molar-refractivity contribution in [2.75, 3.05) is 0 Å². The zero-order valence-electron chi connectivity index (χ0n) is 7.24. The normalized spacial score (nSPS) is 10.5. The van der Waals surface area contributed by atoms with Crippen LogP contribution in [0.2, 0.25) is 10.2 Å². The molecule has 6 heteroatoms. The van der Waals surface area contributed by atoms with Gasteiger partial charge in [-0.25, -0.2) is 4.79 Å². The van der Waals surface area contributed by atoms with Crippen molar-refractivity contribution in [3.63, 3.8) is 0 Å². The first-order chi connectivity index (χ1) is 7.11. The number of carboxylic acid groups (broad SMARTS) is 1. The van der Waals surface area contributed by atoms with Crippen LogP contribution < -0.4 is 0 Å². The first kappa shape index (κ1) is 10.1. The van der Waals surface area contributed by atoms with E-state index in [2.05, 4.69) is 10.2 Å². The first-order valence-corrected chi connectivity index (χ1v) is 4.70. The minimum Gasteiger partial charge on any atom is -0.476 e. The molecule has 0 radical (unpaired) electrons. The summed E-state index contributed by atoms with van der Waals surface area (Å²) in [5.74, 6) is -1.16. The van der Waals surface area contributed by atoms with Gasteiger partial charge in [0.15, 0.2) is 10.8 Å². The van der Waals surface area contributed by atoms with Crippen molar-refractivity contribution in [3.8, 4) is 0 Å². The van der Waals surface area contributed by atoms with Crippen molar-refractivity contribution >= 4 is 39.9 Å². The summed E-state index contributed by atoms with van der Waals surface area (Å²) in [4.78, 5) is 10.8. The fourth-order valence-corrected chi connectivity index (χ4v) is 1.84. The van der Waals surface area contributed by atoms with E-state index in [0.717, 1.165) is 0 Å². The van der Waals surface area contributed by atoms with Gasteiger partial charge in [-0.15, -0.1) is 10.2 Å². The summed E-state index contributed by atoms with van der Waals surface area (Å²) in [5.41, 5.74) is -0.156. The molecule has 0 bridgehead atoms. The Hall–Kier alpha value is -1.39. The number of hydrogen-bond donors (Lipinski definition) is 1. The highest BCUT2D eigenvalue weighted by Crippen LogP contribution is 2.29. The van der Waals surface area contributed by atoms with Gasteiger partial charge in [-0.1, -0.05) is 35.3 Å². The number of halogens is 2. The topological polar surface area (TPSA) is 63.1 Å². The van der Waals surface area contributed by atoms with Crippen LogP contribution >= 0.6 is 23.2 Å². The molecule has 0 aliphatic rings. The highest BCUT2D eigenvalue weighted by atomic mass is 35.5. The smallest absolute Gasteiger partial charge is 0.357 e. The van der Waals surface area contributed by atoms with Crippen LogP contribution in [-0.4, -0.2) is 21.3 Å². The predicted octanol–water partition coefficient (Wildman–Crippen LogP) is 2.63. The molecule has 0 aliphatic heterocycles. The third-order valence-electron chi connectivity index (χ3n) is 1.92. The van der Waals surface area contributed by atoms with Gasteiger partial charge in [0, 0.05) is 10.8 Å². The van der Waals surface area contributed by atoms with E-state index < -0.39 is 5.97 Å². The van der Waals surface area contributed by atoms with Gasteiger partial charge in [0.1, 0.15) is 0 Å². The van der Waals surface area contributed by atoms with Crippen LogP contribution in [0, 0.1) is 0 Å². The van der Waals surface area contributed by atoms with E-state index in [-0.39, 0.29) is 10.8 Å². The molecule has 1 aromatic heterocycles. The molecule has 0 saturated carbocycles. The number of aromatic nitrogens is 2. The average molecular weight is 243 g/mol. The second-order valence-electron chi connectivity index (χ2n) is 2.81. The van der Waals surface area contributed by atoms with Crippen molar-refractivity contribution in [2.24, 2.45) is 0 Å². The summed E-state index contributed by atoms with van der Waals surface area (Å²) >= 11 is 11.7. The molecule has 15 heavy (non-hydrogen) atoms. The number of benzene rings is 1. The molecule has 0 aliphatic carbocycles. The molecule has 1 aromatic carbocycles. The lowest BCUT2D eigenvalue weighted by Crippen LogP contribution is -2.03. The van der Waals surface area contributed by atoms with Crippen LogP contribution in [-0.2, 0) is 0 Å². The standard InChI is InChI=1S/C9H4Cl2N2O2/c10-5-3-1-2-4-6(5)8(11)13-12-7(4)9(14)15/h1-3H,(H,14,15). The lowest BCUT2D eigenvalue weighted by molar-refractivity contribution is 0.0691. The number of rotatable bonds is 1. The molecular formula is C9H4Cl2N2O2. The Kier molecular flexibility index (Phi) is 2.46. The molecular weight excluding hydrogens is 239 g/mol. The molecule has 0 amide bonds. The SMILES string of the molecule is O=C(O)c1nnc(Cl)c2c(Cl)cccc12. The fraction of sp³-hybridized carbons (Fsp3) is 0. The van der Waals surface area contributed by atoms with Crippen LogP contribution in [0.3, 0.4) is 0 Å². The Bertz CT molecular complexity index is 549. The summed E-state index contributed by atoms with van der Waals surface area (Å²) in [6, 6.07) is 4.84. The Balaban J connectivity index is 2.95. The summed E-state index contributed by atoms with van der Waals surface area (Å²) < 4.78 is 0. The molecule has 76 valence electrons. The molecule has 1 N–H and O–H groups in total. The molecule has 0 unspecified atom stereocenters. The summed E-state index contributed by atoms with van der Waals surface area (Å²) in [6.07, 6.45) is 0. The number of hydrogen-bond acceptors (Lipinski definition) is 3. The van der Waals surface area contributed by atoms with Crippen LogP contribution in [0.25, 0.3) is 10.8 Å². The molecule has 4 nitrogen and oxygen atoms in total. The van der Waals surface area contributed by atoms with Gasteiger partial charge < -0.3 is 5.11 Å². The van der Waals surface area contributed by atoms with Crippen molar-refractivity contribution in [2.45, 2.75) is 0 Å². The Labute approximate surface area is 94.4 Å². The second-order valence-corrected chi connectivity index (χ2v) is 3.57. The van der Waals surface area contributed by atoms with Crippen molar-refractivity contribution in [1.29, 1.82) is 0 Å². The molecule has 0 saturated heterocycles. The third kappa shape index (κ3) is 1.62. The van der Waals surface area contributed by atoms with Gasteiger partial charge in [-0.3, -0.25) is 0 Å². The minimum absolute atomic E-state index is 0.0978. The van der Waals surface area contributed by atoms with E-state index in [9.17, 15) is 4.79 Å². The first-order valence-electron chi connectivity index (χ1n) is 3.95. The average Bonchev–Trinajstić information content (AvgIpc) is 2.17. The van der Waals surface area contributed by atoms with E-state index in [1.165, 1.54) is 0 Å². The lowest BCUT2D eigenvalue weighted by atomic mass is 10.1. The Morgan fingerprint density at radius 3 is 2.67 bits per heavy atom. The van der Waals surface area contributed by atoms with Gasteiger partial charge in [-0.05, 0) is 6.07 Å². The van der Waals surface area contributed by atoms with Crippen LogP contribution in [0.5, 0.6) is 0 Å². The monoisotopic (exact) mass is 242 g/mol. The number of nitrogens with zero attached hydrogens (tertiary/aromatic N) is 2. The van der Waals surface area contributed by atoms with E-state index >= 15 is 0 Å². The summed E-state index contributed by atoms with van der Waals surface area (Å²) in [6.45, 7) is 0. The van der Waals surface area contributed by atoms with Gasteiger partial charge >= 0.3 is 5.97 Å². The molecule has 2 rings (SSSR count). The second kappa shape index (κ2) is 3.64. The van der Waals surface area contributed by atoms with E-state index in [4.69, 9.17) is 28.3 Å². The van der Waals surface area contributed by atoms with Crippen LogP contribution in [0.4, 0.5) is 0 Å². The van der Waals surface area contributed by atoms with Gasteiger partial charge in [0.2, 0.25) is 0 Å². The summed E-state index contributed by atoms with van der Waals surface area (Å²) in [5, 5.41) is 17.2. The highest BCUT2D eigenvalue weighted by Gasteiger charge is 2.15. The Morgan fingerprint density at radius 2 is 2.00 bits per heavy atom. The maximum Gasteiger partial charge on any atom is 0.357 e. The maximum absolute atomic E-state index is 10.8. The van der Waals surface area contributed by atoms with Crippen LogP contribution in [0.15, 0.2) is 18.2 Å². The van der Waals surface area contributed by atoms with Gasteiger partial charge in [0.25, 0.3) is 0 Å². The van der Waals surface area contributed by atoms with E-state index in [1.54, 1.807) is 18.2 Å². The third-order valence-corrected chi connectivity index (χ3v) is 2.49. The fourth-order valence-electron chi connectivity index (χ4n) is 1.29.